The molecule has 210 valence electrons. The number of imide groups is 1. The van der Waals surface area contributed by atoms with Gasteiger partial charge in [-0.3, -0.25) is 9.59 Å². The van der Waals surface area contributed by atoms with Crippen molar-refractivity contribution in [2.45, 2.75) is 0 Å². The minimum absolute atomic E-state index is 0.252. The van der Waals surface area contributed by atoms with Gasteiger partial charge >= 0.3 is 0 Å². The highest BCUT2D eigenvalue weighted by Gasteiger charge is 2.37. The summed E-state index contributed by atoms with van der Waals surface area (Å²) in [6.45, 7) is 0. The zero-order chi connectivity index (χ0) is 30.2. The van der Waals surface area contributed by atoms with Crippen LogP contribution in [0.1, 0.15) is 26.3 Å². The van der Waals surface area contributed by atoms with Crippen LogP contribution in [-0.4, -0.2) is 20.9 Å². The summed E-state index contributed by atoms with van der Waals surface area (Å²) in [7, 11) is 0. The fourth-order valence-corrected chi connectivity index (χ4v) is 6.91. The molecule has 0 spiro atoms. The molecule has 1 aliphatic rings. The predicted octanol–water partition coefficient (Wildman–Crippen LogP) is 8.55. The number of hydrogen-bond donors (Lipinski definition) is 0. The average molecular weight is 579 g/mol. The smallest absolute Gasteiger partial charge is 0.266 e. The van der Waals surface area contributed by atoms with Crippen molar-refractivity contribution in [2.75, 3.05) is 4.90 Å². The van der Waals surface area contributed by atoms with Gasteiger partial charge in [0.2, 0.25) is 0 Å². The van der Waals surface area contributed by atoms with Crippen molar-refractivity contribution < 1.29 is 9.59 Å². The van der Waals surface area contributed by atoms with Gasteiger partial charge in [-0.05, 0) is 66.7 Å². The number of para-hydroxylation sites is 3. The van der Waals surface area contributed by atoms with Crippen LogP contribution in [0.5, 0.6) is 0 Å². The predicted molar refractivity (Wildman–Crippen MR) is 177 cm³/mol. The number of aromatic nitrogens is 2. The molecular weight excluding hydrogens is 556 g/mol. The van der Waals surface area contributed by atoms with Crippen LogP contribution in [0.4, 0.5) is 5.69 Å². The lowest BCUT2D eigenvalue weighted by atomic mass is 10.1. The summed E-state index contributed by atoms with van der Waals surface area (Å²) in [4.78, 5) is 28.1. The second kappa shape index (κ2) is 9.27. The van der Waals surface area contributed by atoms with Gasteiger partial charge in [0.05, 0.1) is 44.4 Å². The van der Waals surface area contributed by atoms with Crippen LogP contribution in [-0.2, 0) is 0 Å². The topological polar surface area (TPSA) is 71.0 Å². The van der Waals surface area contributed by atoms with Crippen molar-refractivity contribution in [2.24, 2.45) is 0 Å². The van der Waals surface area contributed by atoms with Gasteiger partial charge in [-0.15, -0.1) is 0 Å². The summed E-state index contributed by atoms with van der Waals surface area (Å²) in [5.74, 6) is -0.858. The lowest BCUT2D eigenvalue weighted by molar-refractivity contribution is 0.0926. The van der Waals surface area contributed by atoms with Crippen LogP contribution in [0.3, 0.4) is 0 Å². The summed E-state index contributed by atoms with van der Waals surface area (Å²) in [6.07, 6.45) is 0. The van der Waals surface area contributed by atoms with Crippen LogP contribution in [0.2, 0.25) is 0 Å². The van der Waals surface area contributed by atoms with Gasteiger partial charge in [0, 0.05) is 32.9 Å². The quantitative estimate of drug-likeness (QED) is 0.197. The van der Waals surface area contributed by atoms with Crippen LogP contribution in [0.15, 0.2) is 133 Å². The van der Waals surface area contributed by atoms with E-state index in [1.165, 1.54) is 0 Å². The van der Waals surface area contributed by atoms with E-state index in [-0.39, 0.29) is 11.3 Å². The maximum atomic E-state index is 13.5. The first kappa shape index (κ1) is 25.1. The molecule has 0 bridgehead atoms. The van der Waals surface area contributed by atoms with Gasteiger partial charge in [0.1, 0.15) is 6.07 Å². The Morgan fingerprint density at radius 2 is 0.978 bits per heavy atom. The second-order valence-corrected chi connectivity index (χ2v) is 11.2. The van der Waals surface area contributed by atoms with Crippen molar-refractivity contribution in [3.05, 3.63) is 150 Å². The van der Waals surface area contributed by atoms with Crippen molar-refractivity contribution in [3.63, 3.8) is 0 Å². The highest BCUT2D eigenvalue weighted by molar-refractivity contribution is 6.34. The second-order valence-electron chi connectivity index (χ2n) is 11.2. The Labute approximate surface area is 257 Å². The Morgan fingerprint density at radius 3 is 1.56 bits per heavy atom. The molecule has 2 aromatic heterocycles. The Morgan fingerprint density at radius 1 is 0.467 bits per heavy atom. The molecule has 1 aliphatic heterocycles. The van der Waals surface area contributed by atoms with Gasteiger partial charge in [0.15, 0.2) is 0 Å². The summed E-state index contributed by atoms with van der Waals surface area (Å²) >= 11 is 0. The molecule has 6 aromatic carbocycles. The SMILES string of the molecule is N#Cc1ccc(-n2c3ccccc3c3cc4c(cc32)c2ccccc2n4-c2ccccc2)cc1N1C(=O)c2ccccc2C1=O. The lowest BCUT2D eigenvalue weighted by Crippen LogP contribution is -2.30. The van der Waals surface area contributed by atoms with Gasteiger partial charge in [-0.25, -0.2) is 4.90 Å². The molecule has 0 aliphatic carbocycles. The molecule has 3 heterocycles. The van der Waals surface area contributed by atoms with E-state index < -0.39 is 11.8 Å². The maximum absolute atomic E-state index is 13.5. The number of hydrogen-bond acceptors (Lipinski definition) is 3. The first-order valence-electron chi connectivity index (χ1n) is 14.7. The molecule has 0 saturated carbocycles. The van der Waals surface area contributed by atoms with E-state index in [0.717, 1.165) is 59.9 Å². The van der Waals surface area contributed by atoms with Gasteiger partial charge < -0.3 is 9.13 Å². The summed E-state index contributed by atoms with van der Waals surface area (Å²) in [5.41, 5.74) is 7.22. The van der Waals surface area contributed by atoms with Crippen LogP contribution in [0, 0.1) is 11.3 Å². The fourth-order valence-electron chi connectivity index (χ4n) is 6.91. The molecule has 0 N–H and O–H groups in total. The molecule has 0 fully saturated rings. The Balaban J connectivity index is 1.34. The highest BCUT2D eigenvalue weighted by atomic mass is 16.2. The Bertz CT molecular complexity index is 2570. The third-order valence-electron chi connectivity index (χ3n) is 8.88. The van der Waals surface area contributed by atoms with E-state index in [4.69, 9.17) is 0 Å². The number of fused-ring (bicyclic) bond motifs is 7. The number of carbonyl (C=O) groups excluding carboxylic acids is 2. The monoisotopic (exact) mass is 578 g/mol. The lowest BCUT2D eigenvalue weighted by Gasteiger charge is -2.18. The minimum atomic E-state index is -0.429. The Kier molecular flexibility index (Phi) is 5.17. The molecule has 6 heteroatoms. The van der Waals surface area contributed by atoms with Crippen molar-refractivity contribution in [3.8, 4) is 17.4 Å². The number of amides is 2. The summed E-state index contributed by atoms with van der Waals surface area (Å²) in [6, 6.07) is 45.8. The van der Waals surface area contributed by atoms with Gasteiger partial charge in [-0.1, -0.05) is 66.7 Å². The molecule has 0 unspecified atom stereocenters. The molecule has 0 atom stereocenters. The number of nitrogens with zero attached hydrogens (tertiary/aromatic N) is 4. The number of anilines is 1. The number of benzene rings is 6. The van der Waals surface area contributed by atoms with E-state index in [2.05, 4.69) is 88.0 Å². The highest BCUT2D eigenvalue weighted by Crippen LogP contribution is 2.40. The van der Waals surface area contributed by atoms with E-state index in [1.807, 2.05) is 24.3 Å². The first-order valence-corrected chi connectivity index (χ1v) is 14.7. The van der Waals surface area contributed by atoms with Crippen LogP contribution < -0.4 is 4.90 Å². The van der Waals surface area contributed by atoms with Gasteiger partial charge in [0.25, 0.3) is 11.8 Å². The normalized spacial score (nSPS) is 12.9. The molecule has 9 rings (SSSR count). The van der Waals surface area contributed by atoms with Crippen molar-refractivity contribution in [1.82, 2.24) is 9.13 Å². The number of nitriles is 1. The average Bonchev–Trinajstić information content (AvgIpc) is 3.68. The maximum Gasteiger partial charge on any atom is 0.266 e. The zero-order valence-electron chi connectivity index (χ0n) is 23.8. The number of carbonyl (C=O) groups is 2. The number of rotatable bonds is 3. The standard InChI is InChI=1S/C39H22N4O2/c40-23-24-18-19-26(20-35(24)43-38(44)29-14-4-5-15-30(29)39(43)45)42-34-17-9-7-13-28(34)32-21-36-31(22-37(32)42)27-12-6-8-16-33(27)41(36)25-10-2-1-3-11-25/h1-22H. The van der Waals surface area contributed by atoms with Crippen molar-refractivity contribution >= 4 is 61.1 Å². The van der Waals surface area contributed by atoms with E-state index in [1.54, 1.807) is 36.4 Å². The largest absolute Gasteiger partial charge is 0.309 e. The van der Waals surface area contributed by atoms with Crippen molar-refractivity contribution in [1.29, 1.82) is 5.26 Å². The van der Waals surface area contributed by atoms with E-state index in [0.29, 0.717) is 11.1 Å². The molecule has 8 aromatic rings. The minimum Gasteiger partial charge on any atom is -0.309 e. The summed E-state index contributed by atoms with van der Waals surface area (Å²) in [5, 5.41) is 14.4. The first-order chi connectivity index (χ1) is 22.1. The van der Waals surface area contributed by atoms with Crippen LogP contribution in [0.25, 0.3) is 55.0 Å². The van der Waals surface area contributed by atoms with E-state index >= 15 is 0 Å². The molecule has 6 nitrogen and oxygen atoms in total. The molecule has 2 amide bonds. The van der Waals surface area contributed by atoms with Crippen LogP contribution >= 0.6 is 0 Å². The zero-order valence-corrected chi connectivity index (χ0v) is 23.8. The molecule has 0 radical (unpaired) electrons. The summed E-state index contributed by atoms with van der Waals surface area (Å²) < 4.78 is 4.46. The third-order valence-corrected chi connectivity index (χ3v) is 8.88. The third kappa shape index (κ3) is 3.43. The molecule has 45 heavy (non-hydrogen) atoms. The Hall–Kier alpha value is -6.45. The molecule has 0 saturated heterocycles. The van der Waals surface area contributed by atoms with E-state index in [9.17, 15) is 14.9 Å². The molecular formula is C39H22N4O2. The fraction of sp³-hybridized carbons (Fsp3) is 0. The van der Waals surface area contributed by atoms with Gasteiger partial charge in [-0.2, -0.15) is 5.26 Å².